The highest BCUT2D eigenvalue weighted by molar-refractivity contribution is 5.94. The van der Waals surface area contributed by atoms with Crippen molar-refractivity contribution >= 4 is 11.5 Å². The van der Waals surface area contributed by atoms with Gasteiger partial charge in [0.2, 0.25) is 0 Å². The quantitative estimate of drug-likeness (QED) is 0.709. The number of rotatable bonds is 6. The molecule has 0 saturated carbocycles. The molecule has 0 aliphatic rings. The summed E-state index contributed by atoms with van der Waals surface area (Å²) < 4.78 is 0. The molecule has 0 aliphatic heterocycles. The molecule has 0 aromatic carbocycles. The molecular weight excluding hydrogens is 212 g/mol. The van der Waals surface area contributed by atoms with E-state index in [1.54, 1.807) is 6.20 Å². The Morgan fingerprint density at radius 1 is 1.35 bits per heavy atom. The third kappa shape index (κ3) is 3.84. The summed E-state index contributed by atoms with van der Waals surface area (Å²) in [6, 6.07) is 3.81. The highest BCUT2D eigenvalue weighted by atomic mass is 16.1. The van der Waals surface area contributed by atoms with E-state index in [2.05, 4.69) is 30.7 Å². The number of hydrogen-bond acceptors (Lipinski definition) is 3. The predicted octanol–water partition coefficient (Wildman–Crippen LogP) is 3.16. The minimum Gasteiger partial charge on any atom is -0.370 e. The van der Waals surface area contributed by atoms with Gasteiger partial charge in [0.15, 0.2) is 5.78 Å². The fourth-order valence-electron chi connectivity index (χ4n) is 1.78. The van der Waals surface area contributed by atoms with E-state index in [1.165, 1.54) is 0 Å². The van der Waals surface area contributed by atoms with Gasteiger partial charge < -0.3 is 4.90 Å². The molecule has 3 nitrogen and oxygen atoms in total. The van der Waals surface area contributed by atoms with Gasteiger partial charge in [0.05, 0.1) is 11.9 Å². The first-order valence-corrected chi connectivity index (χ1v) is 6.32. The van der Waals surface area contributed by atoms with Crippen molar-refractivity contribution < 1.29 is 4.79 Å². The van der Waals surface area contributed by atoms with E-state index < -0.39 is 0 Å². The smallest absolute Gasteiger partial charge is 0.180 e. The molecule has 3 heteroatoms. The summed E-state index contributed by atoms with van der Waals surface area (Å²) in [4.78, 5) is 18.0. The second kappa shape index (κ2) is 6.38. The van der Waals surface area contributed by atoms with Gasteiger partial charge in [0.25, 0.3) is 0 Å². The third-order valence-electron chi connectivity index (χ3n) is 2.69. The molecule has 1 aromatic rings. The van der Waals surface area contributed by atoms with Gasteiger partial charge in [0, 0.05) is 19.5 Å². The molecule has 0 N–H and O–H groups in total. The van der Waals surface area contributed by atoms with Crippen molar-refractivity contribution in [3.05, 3.63) is 24.0 Å². The fourth-order valence-corrected chi connectivity index (χ4v) is 1.78. The second-order valence-electron chi connectivity index (χ2n) is 4.61. The maximum Gasteiger partial charge on any atom is 0.180 e. The largest absolute Gasteiger partial charge is 0.370 e. The van der Waals surface area contributed by atoms with Crippen molar-refractivity contribution in [1.29, 1.82) is 0 Å². The van der Waals surface area contributed by atoms with Gasteiger partial charge in [-0.25, -0.2) is 0 Å². The number of anilines is 1. The van der Waals surface area contributed by atoms with Crippen LogP contribution in [-0.2, 0) is 0 Å². The van der Waals surface area contributed by atoms with Crippen LogP contribution in [0.1, 0.15) is 44.6 Å². The van der Waals surface area contributed by atoms with Crippen molar-refractivity contribution in [3.63, 3.8) is 0 Å². The van der Waals surface area contributed by atoms with Crippen LogP contribution in [0.15, 0.2) is 18.3 Å². The maximum atomic E-state index is 11.5. The Bertz CT molecular complexity index is 357. The van der Waals surface area contributed by atoms with Crippen molar-refractivity contribution in [2.45, 2.75) is 34.1 Å². The maximum absolute atomic E-state index is 11.5. The number of pyridine rings is 1. The average Bonchev–Trinajstić information content (AvgIpc) is 2.35. The standard InChI is InChI=1S/C14H22N2O/c1-5-14(17)13-8-7-12(9-15-13)16(6-2)10-11(3)4/h7-9,11H,5-6,10H2,1-4H3. The lowest BCUT2D eigenvalue weighted by Crippen LogP contribution is -2.27. The Balaban J connectivity index is 2.81. The molecule has 0 unspecified atom stereocenters. The van der Waals surface area contributed by atoms with Crippen LogP contribution in [0.5, 0.6) is 0 Å². The summed E-state index contributed by atoms with van der Waals surface area (Å²) in [6.07, 6.45) is 2.31. The molecule has 0 fully saturated rings. The normalized spacial score (nSPS) is 10.6. The number of Topliss-reactive ketones (excluding diaryl/α,β-unsaturated/α-hetero) is 1. The SMILES string of the molecule is CCC(=O)c1ccc(N(CC)CC(C)C)cn1. The molecule has 0 saturated heterocycles. The van der Waals surface area contributed by atoms with E-state index in [1.807, 2.05) is 19.1 Å². The summed E-state index contributed by atoms with van der Waals surface area (Å²) >= 11 is 0. The number of nitrogens with zero attached hydrogens (tertiary/aromatic N) is 2. The Morgan fingerprint density at radius 2 is 2.06 bits per heavy atom. The van der Waals surface area contributed by atoms with Gasteiger partial charge in [-0.3, -0.25) is 9.78 Å². The summed E-state index contributed by atoms with van der Waals surface area (Å²) in [5.41, 5.74) is 1.66. The summed E-state index contributed by atoms with van der Waals surface area (Å²) in [6.45, 7) is 10.4. The third-order valence-corrected chi connectivity index (χ3v) is 2.69. The van der Waals surface area contributed by atoms with Crippen LogP contribution in [0.4, 0.5) is 5.69 Å². The Labute approximate surface area is 104 Å². The molecule has 0 atom stereocenters. The average molecular weight is 234 g/mol. The molecule has 0 amide bonds. The number of aromatic nitrogens is 1. The van der Waals surface area contributed by atoms with Crippen LogP contribution in [0, 0.1) is 5.92 Å². The predicted molar refractivity (Wildman–Crippen MR) is 71.6 cm³/mol. The molecule has 17 heavy (non-hydrogen) atoms. The lowest BCUT2D eigenvalue weighted by molar-refractivity contribution is 0.0983. The summed E-state index contributed by atoms with van der Waals surface area (Å²) in [5.74, 6) is 0.718. The van der Waals surface area contributed by atoms with Crippen LogP contribution in [0.3, 0.4) is 0 Å². The first-order valence-electron chi connectivity index (χ1n) is 6.32. The second-order valence-corrected chi connectivity index (χ2v) is 4.61. The molecule has 1 aromatic heterocycles. The van der Waals surface area contributed by atoms with Gasteiger partial charge in [-0.15, -0.1) is 0 Å². The summed E-state index contributed by atoms with van der Waals surface area (Å²) in [5, 5.41) is 0. The van der Waals surface area contributed by atoms with Crippen LogP contribution in [0.25, 0.3) is 0 Å². The van der Waals surface area contributed by atoms with Crippen molar-refractivity contribution in [2.24, 2.45) is 5.92 Å². The number of hydrogen-bond donors (Lipinski definition) is 0. The van der Waals surface area contributed by atoms with Gasteiger partial charge in [-0.1, -0.05) is 20.8 Å². The molecule has 0 spiro atoms. The Morgan fingerprint density at radius 3 is 2.47 bits per heavy atom. The van der Waals surface area contributed by atoms with E-state index in [9.17, 15) is 4.79 Å². The van der Waals surface area contributed by atoms with E-state index in [0.717, 1.165) is 18.8 Å². The van der Waals surface area contributed by atoms with Crippen molar-refractivity contribution in [3.8, 4) is 0 Å². The van der Waals surface area contributed by atoms with Crippen LogP contribution >= 0.6 is 0 Å². The first kappa shape index (κ1) is 13.7. The van der Waals surface area contributed by atoms with Crippen molar-refractivity contribution in [2.75, 3.05) is 18.0 Å². The molecule has 0 radical (unpaired) electrons. The van der Waals surface area contributed by atoms with Gasteiger partial charge in [-0.2, -0.15) is 0 Å². The molecule has 0 aliphatic carbocycles. The molecule has 0 bridgehead atoms. The van der Waals surface area contributed by atoms with Gasteiger partial charge in [0.1, 0.15) is 5.69 Å². The summed E-state index contributed by atoms with van der Waals surface area (Å²) in [7, 11) is 0. The first-order chi connectivity index (χ1) is 8.08. The zero-order valence-corrected chi connectivity index (χ0v) is 11.2. The Kier molecular flexibility index (Phi) is 5.13. The fraction of sp³-hybridized carbons (Fsp3) is 0.571. The number of carbonyl (C=O) groups excluding carboxylic acids is 1. The van der Waals surface area contributed by atoms with Crippen molar-refractivity contribution in [1.82, 2.24) is 4.98 Å². The lowest BCUT2D eigenvalue weighted by atomic mass is 10.2. The van der Waals surface area contributed by atoms with E-state index in [-0.39, 0.29) is 5.78 Å². The molecule has 1 heterocycles. The highest BCUT2D eigenvalue weighted by Gasteiger charge is 2.09. The Hall–Kier alpha value is -1.38. The zero-order valence-electron chi connectivity index (χ0n) is 11.2. The minimum absolute atomic E-state index is 0.100. The zero-order chi connectivity index (χ0) is 12.8. The molecular formula is C14H22N2O. The topological polar surface area (TPSA) is 33.2 Å². The molecule has 94 valence electrons. The van der Waals surface area contributed by atoms with Gasteiger partial charge in [-0.05, 0) is 25.0 Å². The van der Waals surface area contributed by atoms with Crippen LogP contribution < -0.4 is 4.90 Å². The van der Waals surface area contributed by atoms with Crippen LogP contribution in [-0.4, -0.2) is 23.9 Å². The highest BCUT2D eigenvalue weighted by Crippen LogP contribution is 2.15. The van der Waals surface area contributed by atoms with Crippen LogP contribution in [0.2, 0.25) is 0 Å². The number of ketones is 1. The van der Waals surface area contributed by atoms with E-state index in [4.69, 9.17) is 0 Å². The number of carbonyl (C=O) groups is 1. The van der Waals surface area contributed by atoms with E-state index >= 15 is 0 Å². The monoisotopic (exact) mass is 234 g/mol. The molecule has 1 rings (SSSR count). The van der Waals surface area contributed by atoms with E-state index in [0.29, 0.717) is 18.0 Å². The lowest BCUT2D eigenvalue weighted by Gasteiger charge is -2.24. The minimum atomic E-state index is 0.100. The van der Waals surface area contributed by atoms with Gasteiger partial charge >= 0.3 is 0 Å².